The van der Waals surface area contributed by atoms with E-state index in [2.05, 4.69) is 42.8 Å². The summed E-state index contributed by atoms with van der Waals surface area (Å²) < 4.78 is 0. The van der Waals surface area contributed by atoms with Gasteiger partial charge in [0.2, 0.25) is 0 Å². The molecule has 2 atom stereocenters. The first kappa shape index (κ1) is 11.2. The molecule has 0 aromatic carbocycles. The van der Waals surface area contributed by atoms with Crippen molar-refractivity contribution in [2.45, 2.75) is 25.6 Å². The molecular formula is C9H18BrN. The van der Waals surface area contributed by atoms with E-state index in [0.717, 1.165) is 0 Å². The van der Waals surface area contributed by atoms with Crippen molar-refractivity contribution in [3.63, 3.8) is 0 Å². The van der Waals surface area contributed by atoms with Gasteiger partial charge < -0.3 is 5.73 Å². The fourth-order valence-electron chi connectivity index (χ4n) is 0.752. The SMILES string of the molecule is CC(C)[C@@H](C)C(Br)/C=C\CN. The molecule has 0 rings (SSSR count). The molecule has 0 bridgehead atoms. The number of alkyl halides is 1. The van der Waals surface area contributed by atoms with E-state index in [1.807, 2.05) is 6.08 Å². The van der Waals surface area contributed by atoms with Crippen LogP contribution in [0.5, 0.6) is 0 Å². The fraction of sp³-hybridized carbons (Fsp3) is 0.778. The van der Waals surface area contributed by atoms with Crippen LogP contribution < -0.4 is 5.73 Å². The molecule has 0 spiro atoms. The maximum absolute atomic E-state index is 5.35. The van der Waals surface area contributed by atoms with E-state index in [0.29, 0.717) is 23.2 Å². The van der Waals surface area contributed by atoms with Crippen LogP contribution in [0, 0.1) is 11.8 Å². The Morgan fingerprint density at radius 1 is 1.36 bits per heavy atom. The molecule has 1 nitrogen and oxygen atoms in total. The Hall–Kier alpha value is 0.180. The Labute approximate surface area is 78.2 Å². The van der Waals surface area contributed by atoms with Crippen LogP contribution in [0.3, 0.4) is 0 Å². The Kier molecular flexibility index (Phi) is 5.88. The molecule has 2 N–H and O–H groups in total. The molecule has 0 radical (unpaired) electrons. The Bertz CT molecular complexity index is 121. The third-order valence-electron chi connectivity index (χ3n) is 2.01. The topological polar surface area (TPSA) is 26.0 Å². The lowest BCUT2D eigenvalue weighted by atomic mass is 9.94. The monoisotopic (exact) mass is 219 g/mol. The number of allylic oxidation sites excluding steroid dienone is 1. The second kappa shape index (κ2) is 5.78. The van der Waals surface area contributed by atoms with E-state index < -0.39 is 0 Å². The van der Waals surface area contributed by atoms with Crippen molar-refractivity contribution in [1.29, 1.82) is 0 Å². The number of hydrogen-bond donors (Lipinski definition) is 1. The van der Waals surface area contributed by atoms with Gasteiger partial charge in [-0.1, -0.05) is 48.9 Å². The van der Waals surface area contributed by atoms with Gasteiger partial charge in [0.25, 0.3) is 0 Å². The predicted octanol–water partition coefficient (Wildman–Crippen LogP) is 2.56. The molecular weight excluding hydrogens is 202 g/mol. The molecule has 0 aliphatic rings. The van der Waals surface area contributed by atoms with Crippen molar-refractivity contribution in [3.05, 3.63) is 12.2 Å². The van der Waals surface area contributed by atoms with Crippen LogP contribution in [0.4, 0.5) is 0 Å². The standard InChI is InChI=1S/C9H18BrN/c1-7(2)8(3)9(10)5-4-6-11/h4-5,7-9H,6,11H2,1-3H3/b5-4-/t8-,9?/m1/s1. The van der Waals surface area contributed by atoms with Crippen LogP contribution in [-0.2, 0) is 0 Å². The van der Waals surface area contributed by atoms with Crippen LogP contribution >= 0.6 is 15.9 Å². The molecule has 2 heteroatoms. The average Bonchev–Trinajstić information content (AvgIpc) is 1.98. The molecule has 0 heterocycles. The minimum absolute atomic E-state index is 0.464. The van der Waals surface area contributed by atoms with Gasteiger partial charge in [0, 0.05) is 11.4 Å². The van der Waals surface area contributed by atoms with Gasteiger partial charge in [-0.25, -0.2) is 0 Å². The molecule has 0 amide bonds. The van der Waals surface area contributed by atoms with Gasteiger partial charge in [0.1, 0.15) is 0 Å². The summed E-state index contributed by atoms with van der Waals surface area (Å²) in [7, 11) is 0. The summed E-state index contributed by atoms with van der Waals surface area (Å²) in [6.07, 6.45) is 4.13. The van der Waals surface area contributed by atoms with Crippen LogP contribution in [-0.4, -0.2) is 11.4 Å². The Balaban J connectivity index is 3.81. The highest BCUT2D eigenvalue weighted by atomic mass is 79.9. The average molecular weight is 220 g/mol. The molecule has 0 saturated heterocycles. The Morgan fingerprint density at radius 3 is 2.27 bits per heavy atom. The molecule has 0 aromatic rings. The van der Waals surface area contributed by atoms with Crippen molar-refractivity contribution in [2.24, 2.45) is 17.6 Å². The van der Waals surface area contributed by atoms with E-state index in [-0.39, 0.29) is 0 Å². The van der Waals surface area contributed by atoms with Crippen LogP contribution in [0.15, 0.2) is 12.2 Å². The van der Waals surface area contributed by atoms with Crippen LogP contribution in [0.1, 0.15) is 20.8 Å². The van der Waals surface area contributed by atoms with Crippen molar-refractivity contribution < 1.29 is 0 Å². The summed E-state index contributed by atoms with van der Waals surface area (Å²) in [6, 6.07) is 0. The Morgan fingerprint density at radius 2 is 1.91 bits per heavy atom. The van der Waals surface area contributed by atoms with E-state index in [4.69, 9.17) is 5.73 Å². The zero-order valence-electron chi connectivity index (χ0n) is 7.55. The summed E-state index contributed by atoms with van der Waals surface area (Å²) >= 11 is 3.60. The van der Waals surface area contributed by atoms with Gasteiger partial charge in [-0.15, -0.1) is 0 Å². The lowest BCUT2D eigenvalue weighted by Gasteiger charge is -2.18. The maximum atomic E-state index is 5.35. The molecule has 66 valence electrons. The fourth-order valence-corrected chi connectivity index (χ4v) is 1.58. The third kappa shape index (κ3) is 4.59. The number of halogens is 1. The van der Waals surface area contributed by atoms with Gasteiger partial charge in [0.15, 0.2) is 0 Å². The number of hydrogen-bond acceptors (Lipinski definition) is 1. The minimum Gasteiger partial charge on any atom is -0.327 e. The van der Waals surface area contributed by atoms with Gasteiger partial charge in [0.05, 0.1) is 0 Å². The molecule has 0 aromatic heterocycles. The predicted molar refractivity (Wildman–Crippen MR) is 54.9 cm³/mol. The quantitative estimate of drug-likeness (QED) is 0.571. The van der Waals surface area contributed by atoms with Crippen molar-refractivity contribution in [2.75, 3.05) is 6.54 Å². The van der Waals surface area contributed by atoms with Crippen molar-refractivity contribution >= 4 is 15.9 Å². The zero-order chi connectivity index (χ0) is 8.85. The summed E-state index contributed by atoms with van der Waals surface area (Å²) in [6.45, 7) is 7.34. The first-order valence-electron chi connectivity index (χ1n) is 4.10. The third-order valence-corrected chi connectivity index (χ3v) is 3.15. The molecule has 0 aliphatic carbocycles. The van der Waals surface area contributed by atoms with E-state index in [9.17, 15) is 0 Å². The molecule has 11 heavy (non-hydrogen) atoms. The van der Waals surface area contributed by atoms with Gasteiger partial charge in [-0.05, 0) is 11.8 Å². The van der Waals surface area contributed by atoms with Gasteiger partial charge in [-0.3, -0.25) is 0 Å². The second-order valence-corrected chi connectivity index (χ2v) is 4.27. The summed E-state index contributed by atoms with van der Waals surface area (Å²) in [5, 5.41) is 0. The van der Waals surface area contributed by atoms with Gasteiger partial charge in [-0.2, -0.15) is 0 Å². The first-order chi connectivity index (χ1) is 5.09. The summed E-state index contributed by atoms with van der Waals surface area (Å²) in [4.78, 5) is 0.464. The lowest BCUT2D eigenvalue weighted by Crippen LogP contribution is -2.14. The smallest absolute Gasteiger partial charge is 0.0353 e. The second-order valence-electron chi connectivity index (χ2n) is 3.21. The highest BCUT2D eigenvalue weighted by molar-refractivity contribution is 9.09. The van der Waals surface area contributed by atoms with Crippen LogP contribution in [0.2, 0.25) is 0 Å². The molecule has 0 aliphatic heterocycles. The molecule has 0 saturated carbocycles. The van der Waals surface area contributed by atoms with E-state index in [1.54, 1.807) is 0 Å². The van der Waals surface area contributed by atoms with Crippen molar-refractivity contribution in [3.8, 4) is 0 Å². The summed E-state index contributed by atoms with van der Waals surface area (Å²) in [5.41, 5.74) is 5.35. The normalized spacial score (nSPS) is 17.6. The highest BCUT2D eigenvalue weighted by Gasteiger charge is 2.13. The first-order valence-corrected chi connectivity index (χ1v) is 5.02. The zero-order valence-corrected chi connectivity index (χ0v) is 9.14. The summed E-state index contributed by atoms with van der Waals surface area (Å²) in [5.74, 6) is 1.37. The number of nitrogens with two attached hydrogens (primary N) is 1. The minimum atomic E-state index is 0.464. The number of rotatable bonds is 4. The maximum Gasteiger partial charge on any atom is 0.0353 e. The highest BCUT2D eigenvalue weighted by Crippen LogP contribution is 2.21. The lowest BCUT2D eigenvalue weighted by molar-refractivity contribution is 0.435. The van der Waals surface area contributed by atoms with Crippen LogP contribution in [0.25, 0.3) is 0 Å². The van der Waals surface area contributed by atoms with Gasteiger partial charge >= 0.3 is 0 Å². The van der Waals surface area contributed by atoms with E-state index in [1.165, 1.54) is 0 Å². The molecule has 0 fully saturated rings. The van der Waals surface area contributed by atoms with E-state index >= 15 is 0 Å². The largest absolute Gasteiger partial charge is 0.327 e. The van der Waals surface area contributed by atoms with Crippen molar-refractivity contribution in [1.82, 2.24) is 0 Å². The molecule has 1 unspecified atom stereocenters.